The average Bonchev–Trinajstić information content (AvgIpc) is 2.76. The normalized spacial score (nSPS) is 15.2. The van der Waals surface area contributed by atoms with Crippen molar-refractivity contribution in [2.45, 2.75) is 45.4 Å². The molecule has 0 aliphatic carbocycles. The Morgan fingerprint density at radius 3 is 2.81 bits per heavy atom. The van der Waals surface area contributed by atoms with Crippen LogP contribution in [0.4, 0.5) is 0 Å². The molecule has 0 N–H and O–H groups in total. The van der Waals surface area contributed by atoms with Crippen LogP contribution >= 0.6 is 0 Å². The molecule has 16 heavy (non-hydrogen) atoms. The van der Waals surface area contributed by atoms with E-state index < -0.39 is 0 Å². The number of pyridine rings is 1. The summed E-state index contributed by atoms with van der Waals surface area (Å²) in [5.41, 5.74) is 2.74. The van der Waals surface area contributed by atoms with Gasteiger partial charge in [0, 0.05) is 18.6 Å². The molecule has 2 heterocycles. The zero-order valence-electron chi connectivity index (χ0n) is 10.4. The summed E-state index contributed by atoms with van der Waals surface area (Å²) >= 11 is 0. The lowest BCUT2D eigenvalue weighted by molar-refractivity contribution is 0.412. The first-order valence-electron chi connectivity index (χ1n) is 6.13. The average molecular weight is 216 g/mol. The van der Waals surface area contributed by atoms with Crippen molar-refractivity contribution in [3.63, 3.8) is 0 Å². The van der Waals surface area contributed by atoms with Gasteiger partial charge in [0.1, 0.15) is 5.65 Å². The zero-order chi connectivity index (χ0) is 11.6. The minimum Gasteiger partial charge on any atom is -0.307 e. The number of imidazole rings is 1. The molecule has 2 rings (SSSR count). The third-order valence-electron chi connectivity index (χ3n) is 3.67. The van der Waals surface area contributed by atoms with Gasteiger partial charge in [-0.2, -0.15) is 0 Å². The summed E-state index contributed by atoms with van der Waals surface area (Å²) in [7, 11) is 0. The molecule has 0 aliphatic rings. The van der Waals surface area contributed by atoms with E-state index in [4.69, 9.17) is 0 Å². The number of rotatable bonds is 4. The molecular weight excluding hydrogens is 196 g/mol. The van der Waals surface area contributed by atoms with Crippen LogP contribution < -0.4 is 0 Å². The van der Waals surface area contributed by atoms with E-state index in [1.807, 2.05) is 12.4 Å². The van der Waals surface area contributed by atoms with Crippen molar-refractivity contribution in [2.75, 3.05) is 0 Å². The van der Waals surface area contributed by atoms with Crippen LogP contribution in [0.3, 0.4) is 0 Å². The Kier molecular flexibility index (Phi) is 2.99. The van der Waals surface area contributed by atoms with Gasteiger partial charge >= 0.3 is 0 Å². The van der Waals surface area contributed by atoms with E-state index in [-0.39, 0.29) is 0 Å². The second kappa shape index (κ2) is 4.28. The summed E-state index contributed by atoms with van der Waals surface area (Å²) in [6.07, 6.45) is 9.74. The van der Waals surface area contributed by atoms with Crippen LogP contribution in [0.15, 0.2) is 30.7 Å². The summed E-state index contributed by atoms with van der Waals surface area (Å²) in [5, 5.41) is 0. The van der Waals surface area contributed by atoms with E-state index in [2.05, 4.69) is 48.5 Å². The van der Waals surface area contributed by atoms with Crippen molar-refractivity contribution < 1.29 is 0 Å². The predicted molar refractivity (Wildman–Crippen MR) is 67.7 cm³/mol. The van der Waals surface area contributed by atoms with Crippen molar-refractivity contribution >= 4 is 5.65 Å². The fraction of sp³-hybridized carbons (Fsp3) is 0.500. The smallest absolute Gasteiger partial charge is 0.136 e. The van der Waals surface area contributed by atoms with Gasteiger partial charge in [-0.3, -0.25) is 0 Å². The van der Waals surface area contributed by atoms with Crippen LogP contribution in [0.2, 0.25) is 0 Å². The molecule has 86 valence electrons. The van der Waals surface area contributed by atoms with Gasteiger partial charge in [0.15, 0.2) is 0 Å². The van der Waals surface area contributed by atoms with Crippen molar-refractivity contribution in [1.82, 2.24) is 9.38 Å². The highest BCUT2D eigenvalue weighted by molar-refractivity contribution is 5.41. The fourth-order valence-electron chi connectivity index (χ4n) is 2.35. The maximum atomic E-state index is 4.28. The second-order valence-corrected chi connectivity index (χ2v) is 4.77. The van der Waals surface area contributed by atoms with Crippen molar-refractivity contribution in [3.05, 3.63) is 36.3 Å². The van der Waals surface area contributed by atoms with Crippen molar-refractivity contribution in [3.8, 4) is 0 Å². The van der Waals surface area contributed by atoms with Gasteiger partial charge < -0.3 is 4.40 Å². The van der Waals surface area contributed by atoms with Gasteiger partial charge in [-0.1, -0.05) is 33.3 Å². The van der Waals surface area contributed by atoms with E-state index in [9.17, 15) is 0 Å². The largest absolute Gasteiger partial charge is 0.307 e. The van der Waals surface area contributed by atoms with Crippen LogP contribution in [-0.4, -0.2) is 9.38 Å². The number of hydrogen-bond acceptors (Lipinski definition) is 1. The lowest BCUT2D eigenvalue weighted by Crippen LogP contribution is -2.20. The molecule has 2 heteroatoms. The van der Waals surface area contributed by atoms with Crippen molar-refractivity contribution in [1.29, 1.82) is 0 Å². The van der Waals surface area contributed by atoms with E-state index >= 15 is 0 Å². The minimum absolute atomic E-state index is 0.299. The molecule has 0 bridgehead atoms. The van der Waals surface area contributed by atoms with E-state index in [1.54, 1.807) is 0 Å². The summed E-state index contributed by atoms with van der Waals surface area (Å²) in [5.74, 6) is 0. The van der Waals surface area contributed by atoms with Gasteiger partial charge in [-0.15, -0.1) is 0 Å². The lowest BCUT2D eigenvalue weighted by atomic mass is 9.77. The first kappa shape index (κ1) is 11.2. The Hall–Kier alpha value is -1.31. The molecule has 0 saturated carbocycles. The van der Waals surface area contributed by atoms with Crippen LogP contribution in [0.1, 0.15) is 45.6 Å². The van der Waals surface area contributed by atoms with Gasteiger partial charge in [0.2, 0.25) is 0 Å². The fourth-order valence-corrected chi connectivity index (χ4v) is 2.35. The molecule has 0 saturated heterocycles. The Labute approximate surface area is 97.3 Å². The highest BCUT2D eigenvalue weighted by atomic mass is 15.0. The summed E-state index contributed by atoms with van der Waals surface area (Å²) < 4.78 is 2.11. The zero-order valence-corrected chi connectivity index (χ0v) is 10.4. The van der Waals surface area contributed by atoms with Gasteiger partial charge in [-0.25, -0.2) is 4.98 Å². The van der Waals surface area contributed by atoms with Crippen LogP contribution in [-0.2, 0) is 5.41 Å². The summed E-state index contributed by atoms with van der Waals surface area (Å²) in [6, 6.07) is 4.33. The molecule has 2 nitrogen and oxygen atoms in total. The number of hydrogen-bond donors (Lipinski definition) is 0. The quantitative estimate of drug-likeness (QED) is 0.759. The van der Waals surface area contributed by atoms with Crippen LogP contribution in [0.5, 0.6) is 0 Å². The van der Waals surface area contributed by atoms with E-state index in [0.717, 1.165) is 5.65 Å². The predicted octanol–water partition coefficient (Wildman–Crippen LogP) is 3.80. The maximum Gasteiger partial charge on any atom is 0.136 e. The Bertz CT molecular complexity index is 472. The maximum absolute atomic E-state index is 4.28. The van der Waals surface area contributed by atoms with Gasteiger partial charge in [0.05, 0.1) is 0 Å². The Morgan fingerprint density at radius 2 is 2.12 bits per heavy atom. The molecule has 1 atom stereocenters. The monoisotopic (exact) mass is 216 g/mol. The lowest BCUT2D eigenvalue weighted by Gasteiger charge is -2.28. The van der Waals surface area contributed by atoms with Crippen LogP contribution in [0, 0.1) is 0 Å². The standard InChI is InChI=1S/C14H20N2/c1-4-8-14(3,5-2)12-6-7-13-15-9-10-16(13)11-12/h6-7,9-11H,4-5,8H2,1-3H3. The highest BCUT2D eigenvalue weighted by Crippen LogP contribution is 2.32. The number of aromatic nitrogens is 2. The topological polar surface area (TPSA) is 17.3 Å². The molecule has 0 fully saturated rings. The van der Waals surface area contributed by atoms with Crippen LogP contribution in [0.25, 0.3) is 5.65 Å². The molecule has 0 radical (unpaired) electrons. The minimum atomic E-state index is 0.299. The molecule has 1 unspecified atom stereocenters. The summed E-state index contributed by atoms with van der Waals surface area (Å²) in [4.78, 5) is 4.28. The molecule has 0 amide bonds. The third kappa shape index (κ3) is 1.84. The van der Waals surface area contributed by atoms with Gasteiger partial charge in [0.25, 0.3) is 0 Å². The first-order chi connectivity index (χ1) is 7.69. The number of nitrogens with zero attached hydrogens (tertiary/aromatic N) is 2. The second-order valence-electron chi connectivity index (χ2n) is 4.77. The van der Waals surface area contributed by atoms with E-state index in [0.29, 0.717) is 5.41 Å². The molecule has 0 aliphatic heterocycles. The molecule has 0 aromatic carbocycles. The van der Waals surface area contributed by atoms with E-state index in [1.165, 1.54) is 24.8 Å². The Morgan fingerprint density at radius 1 is 1.31 bits per heavy atom. The SMILES string of the molecule is CCCC(C)(CC)c1ccc2nccn2c1. The Balaban J connectivity index is 2.44. The number of fused-ring (bicyclic) bond motifs is 1. The third-order valence-corrected chi connectivity index (χ3v) is 3.67. The molecule has 2 aromatic rings. The first-order valence-corrected chi connectivity index (χ1v) is 6.13. The molecule has 2 aromatic heterocycles. The van der Waals surface area contributed by atoms with Crippen molar-refractivity contribution in [2.24, 2.45) is 0 Å². The van der Waals surface area contributed by atoms with Gasteiger partial charge in [-0.05, 0) is 29.9 Å². The highest BCUT2D eigenvalue weighted by Gasteiger charge is 2.23. The molecule has 0 spiro atoms. The summed E-state index contributed by atoms with van der Waals surface area (Å²) in [6.45, 7) is 6.88. The molecular formula is C14H20N2.